The molecular weight excluding hydrogens is 424 g/mol. The maximum absolute atomic E-state index is 12.8. The summed E-state index contributed by atoms with van der Waals surface area (Å²) in [6, 6.07) is 0. The summed E-state index contributed by atoms with van der Waals surface area (Å²) in [5.41, 5.74) is -1.45. The van der Waals surface area contributed by atoms with Gasteiger partial charge in [0, 0.05) is 0 Å². The van der Waals surface area contributed by atoms with Crippen molar-refractivity contribution in [2.45, 2.75) is 112 Å². The van der Waals surface area contributed by atoms with E-state index in [9.17, 15) is 20.1 Å². The molecule has 0 amide bonds. The van der Waals surface area contributed by atoms with Crippen LogP contribution in [0.2, 0.25) is 0 Å². The van der Waals surface area contributed by atoms with Crippen molar-refractivity contribution in [2.75, 3.05) is 0 Å². The molecule has 0 heterocycles. The minimum Gasteiger partial charge on any atom is -0.481 e. The van der Waals surface area contributed by atoms with Gasteiger partial charge in [-0.3, -0.25) is 4.79 Å². The van der Waals surface area contributed by atoms with E-state index in [2.05, 4.69) is 41.5 Å². The fraction of sp³-hybridized carbons (Fsp3) is 0.900. The fourth-order valence-corrected chi connectivity index (χ4v) is 11.1. The normalized spacial score (nSPS) is 58.1. The zero-order valence-corrected chi connectivity index (χ0v) is 22.5. The molecule has 4 nitrogen and oxygen atoms in total. The van der Waals surface area contributed by atoms with Crippen molar-refractivity contribution in [3.05, 3.63) is 12.2 Å². The Balaban J connectivity index is 1.58. The van der Waals surface area contributed by atoms with E-state index < -0.39 is 17.0 Å². The lowest BCUT2D eigenvalue weighted by Gasteiger charge is -2.73. The average molecular weight is 473 g/mol. The number of fused-ring (bicyclic) bond motifs is 7. The first-order valence-electron chi connectivity index (χ1n) is 13.9. The van der Waals surface area contributed by atoms with Crippen molar-refractivity contribution in [1.29, 1.82) is 0 Å². The molecule has 4 heteroatoms. The largest absolute Gasteiger partial charge is 0.481 e. The van der Waals surface area contributed by atoms with E-state index in [1.807, 2.05) is 13.0 Å². The quantitative estimate of drug-likeness (QED) is 0.405. The highest BCUT2D eigenvalue weighted by molar-refractivity contribution is 5.78. The maximum Gasteiger partial charge on any atom is 0.313 e. The smallest absolute Gasteiger partial charge is 0.313 e. The molecule has 4 saturated carbocycles. The molecule has 4 fully saturated rings. The van der Waals surface area contributed by atoms with Crippen molar-refractivity contribution < 1.29 is 20.1 Å². The molecule has 0 unspecified atom stereocenters. The van der Waals surface area contributed by atoms with Crippen LogP contribution in [-0.4, -0.2) is 33.0 Å². The van der Waals surface area contributed by atoms with E-state index in [1.54, 1.807) is 6.08 Å². The molecule has 5 rings (SSSR count). The van der Waals surface area contributed by atoms with Gasteiger partial charge < -0.3 is 15.3 Å². The summed E-state index contributed by atoms with van der Waals surface area (Å²) in [5, 5.41) is 32.6. The SMILES string of the molecule is C[C@@H]1[C@H]2[C@H]3CC[C@@H]4[C@@]5(C)CC[C@@H](O)C(C)(C)[C@@H]5CC[C@@]4(C)[C@]3(C)CC[C@@]2(C(=O)O)C=C[C@]1(C)O. The molecule has 0 aliphatic heterocycles. The van der Waals surface area contributed by atoms with Gasteiger partial charge in [-0.25, -0.2) is 0 Å². The maximum atomic E-state index is 12.8. The Kier molecular flexibility index (Phi) is 5.20. The molecule has 11 atom stereocenters. The Morgan fingerprint density at radius 2 is 1.50 bits per heavy atom. The predicted molar refractivity (Wildman–Crippen MR) is 134 cm³/mol. The number of carboxylic acid groups (broad SMARTS) is 1. The van der Waals surface area contributed by atoms with Gasteiger partial charge in [0.05, 0.1) is 17.1 Å². The standard InChI is InChI=1S/C30H48O4/c1-18-23-19-8-9-21-26(4)12-11-22(31)25(2,3)20(26)10-13-28(21,6)27(19,5)14-16-30(23,24(32)33)17-15-29(18,7)34/h15,17-23,31,34H,8-14,16H2,1-7H3,(H,32,33)/t18-,19-,20+,21-,22-,23+,26+,27-,28-,29+,30-/m1/s1. The molecule has 0 aromatic rings. The summed E-state index contributed by atoms with van der Waals surface area (Å²) in [5.74, 6) is 0.585. The fourth-order valence-electron chi connectivity index (χ4n) is 11.1. The van der Waals surface area contributed by atoms with Crippen molar-refractivity contribution >= 4 is 5.97 Å². The monoisotopic (exact) mass is 472 g/mol. The van der Waals surface area contributed by atoms with E-state index in [-0.39, 0.29) is 39.6 Å². The summed E-state index contributed by atoms with van der Waals surface area (Å²) in [4.78, 5) is 12.8. The highest BCUT2D eigenvalue weighted by Gasteiger charge is 2.71. The summed E-state index contributed by atoms with van der Waals surface area (Å²) in [7, 11) is 0. The van der Waals surface area contributed by atoms with Crippen LogP contribution in [0.3, 0.4) is 0 Å². The first-order chi connectivity index (χ1) is 15.6. The summed E-state index contributed by atoms with van der Waals surface area (Å²) in [6.07, 6.45) is 11.5. The van der Waals surface area contributed by atoms with Gasteiger partial charge in [0.15, 0.2) is 0 Å². The number of aliphatic hydroxyl groups excluding tert-OH is 1. The number of hydrogen-bond donors (Lipinski definition) is 3. The number of carbonyl (C=O) groups is 1. The van der Waals surface area contributed by atoms with Crippen LogP contribution < -0.4 is 0 Å². The topological polar surface area (TPSA) is 77.8 Å². The summed E-state index contributed by atoms with van der Waals surface area (Å²) < 4.78 is 0. The third-order valence-corrected chi connectivity index (χ3v) is 13.6. The molecule has 5 aliphatic carbocycles. The molecule has 5 aliphatic rings. The van der Waals surface area contributed by atoms with Gasteiger partial charge >= 0.3 is 5.97 Å². The molecule has 0 spiro atoms. The molecule has 0 bridgehead atoms. The lowest BCUT2D eigenvalue weighted by atomic mass is 9.31. The number of aliphatic carboxylic acids is 1. The van der Waals surface area contributed by atoms with Crippen LogP contribution >= 0.6 is 0 Å². The number of hydrogen-bond acceptors (Lipinski definition) is 3. The zero-order valence-electron chi connectivity index (χ0n) is 22.5. The highest BCUT2D eigenvalue weighted by Crippen LogP contribution is 2.76. The third-order valence-electron chi connectivity index (χ3n) is 13.6. The van der Waals surface area contributed by atoms with Crippen LogP contribution in [-0.2, 0) is 4.79 Å². The predicted octanol–water partition coefficient (Wildman–Crippen LogP) is 6.06. The Hall–Kier alpha value is -0.870. The molecule has 192 valence electrons. The average Bonchev–Trinajstić information content (AvgIpc) is 2.74. The second-order valence-electron chi connectivity index (χ2n) is 14.8. The van der Waals surface area contributed by atoms with E-state index in [4.69, 9.17) is 0 Å². The van der Waals surface area contributed by atoms with Crippen molar-refractivity contribution in [1.82, 2.24) is 0 Å². The van der Waals surface area contributed by atoms with Gasteiger partial charge in [-0.1, -0.05) is 53.7 Å². The van der Waals surface area contributed by atoms with Gasteiger partial charge in [-0.05, 0) is 110 Å². The van der Waals surface area contributed by atoms with E-state index >= 15 is 0 Å². The molecular formula is C30H48O4. The van der Waals surface area contributed by atoms with Gasteiger partial charge in [0.2, 0.25) is 0 Å². The van der Waals surface area contributed by atoms with Crippen LogP contribution in [0, 0.1) is 56.7 Å². The number of rotatable bonds is 1. The Morgan fingerprint density at radius 1 is 0.824 bits per heavy atom. The molecule has 0 aromatic carbocycles. The summed E-state index contributed by atoms with van der Waals surface area (Å²) >= 11 is 0. The van der Waals surface area contributed by atoms with Crippen LogP contribution in [0.5, 0.6) is 0 Å². The summed E-state index contributed by atoms with van der Waals surface area (Å²) in [6.45, 7) is 16.1. The molecule has 0 radical (unpaired) electrons. The minimum absolute atomic E-state index is 0.0447. The van der Waals surface area contributed by atoms with Gasteiger partial charge in [0.1, 0.15) is 0 Å². The lowest BCUT2D eigenvalue weighted by Crippen LogP contribution is -2.68. The van der Waals surface area contributed by atoms with Gasteiger partial charge in [-0.2, -0.15) is 0 Å². The van der Waals surface area contributed by atoms with E-state index in [1.165, 1.54) is 0 Å². The van der Waals surface area contributed by atoms with Crippen LogP contribution in [0.1, 0.15) is 99.8 Å². The first-order valence-corrected chi connectivity index (χ1v) is 13.9. The molecule has 3 N–H and O–H groups in total. The Labute approximate surface area is 206 Å². The van der Waals surface area contributed by atoms with Gasteiger partial charge in [0.25, 0.3) is 0 Å². The molecule has 34 heavy (non-hydrogen) atoms. The van der Waals surface area contributed by atoms with Crippen LogP contribution in [0.25, 0.3) is 0 Å². The van der Waals surface area contributed by atoms with E-state index in [0.717, 1.165) is 44.9 Å². The number of carboxylic acids is 1. The van der Waals surface area contributed by atoms with Crippen molar-refractivity contribution in [3.63, 3.8) is 0 Å². The Bertz CT molecular complexity index is 905. The second-order valence-corrected chi connectivity index (χ2v) is 14.8. The highest BCUT2D eigenvalue weighted by atomic mass is 16.4. The first kappa shape index (κ1) is 24.8. The van der Waals surface area contributed by atoms with Crippen LogP contribution in [0.4, 0.5) is 0 Å². The van der Waals surface area contributed by atoms with Gasteiger partial charge in [-0.15, -0.1) is 0 Å². The third kappa shape index (κ3) is 2.76. The molecule has 0 aromatic heterocycles. The Morgan fingerprint density at radius 3 is 2.15 bits per heavy atom. The molecule has 0 saturated heterocycles. The van der Waals surface area contributed by atoms with E-state index in [0.29, 0.717) is 24.2 Å². The minimum atomic E-state index is -0.965. The van der Waals surface area contributed by atoms with Crippen LogP contribution in [0.15, 0.2) is 12.2 Å². The second kappa shape index (κ2) is 7.12. The van der Waals surface area contributed by atoms with Crippen molar-refractivity contribution in [2.24, 2.45) is 56.7 Å². The number of aliphatic hydroxyl groups is 2. The van der Waals surface area contributed by atoms with Crippen molar-refractivity contribution in [3.8, 4) is 0 Å². The zero-order chi connectivity index (χ0) is 25.1. The lowest BCUT2D eigenvalue weighted by molar-refractivity contribution is -0.254.